The Morgan fingerprint density at radius 2 is 1.96 bits per heavy atom. The highest BCUT2D eigenvalue weighted by atomic mass is 32.1. The van der Waals surface area contributed by atoms with Gasteiger partial charge in [0, 0.05) is 11.6 Å². The number of nitrogens with zero attached hydrogens (tertiary/aromatic N) is 2. The molecule has 0 saturated heterocycles. The van der Waals surface area contributed by atoms with Crippen LogP contribution in [0.1, 0.15) is 45.7 Å². The standard InChI is InChI=1S/C16H18N4OS2/c1-7(2)15-18-9(4)13(23-15)14(21)19-10-5-8(3)12-11(6-10)22-16(17)20-12/h5-7H,1-4H3,(H2,17,20)(H,19,21). The van der Waals surface area contributed by atoms with Gasteiger partial charge in [0.25, 0.3) is 5.91 Å². The van der Waals surface area contributed by atoms with Crippen LogP contribution in [0.25, 0.3) is 10.2 Å². The zero-order valence-electron chi connectivity index (χ0n) is 13.4. The van der Waals surface area contributed by atoms with Gasteiger partial charge in [0.1, 0.15) is 4.88 Å². The maximum absolute atomic E-state index is 12.5. The molecule has 23 heavy (non-hydrogen) atoms. The monoisotopic (exact) mass is 346 g/mol. The van der Waals surface area contributed by atoms with Crippen molar-refractivity contribution in [2.75, 3.05) is 11.1 Å². The molecule has 7 heteroatoms. The number of amides is 1. The third kappa shape index (κ3) is 3.07. The molecule has 5 nitrogen and oxygen atoms in total. The number of carbonyl (C=O) groups is 1. The number of anilines is 2. The van der Waals surface area contributed by atoms with Crippen molar-refractivity contribution in [2.24, 2.45) is 0 Å². The molecule has 0 aliphatic rings. The van der Waals surface area contributed by atoms with Crippen molar-refractivity contribution in [1.82, 2.24) is 9.97 Å². The van der Waals surface area contributed by atoms with Crippen LogP contribution in [0, 0.1) is 13.8 Å². The molecule has 0 saturated carbocycles. The molecule has 0 fully saturated rings. The number of fused-ring (bicyclic) bond motifs is 1. The Balaban J connectivity index is 1.91. The lowest BCUT2D eigenvalue weighted by atomic mass is 10.2. The number of nitrogens with one attached hydrogen (secondary N) is 1. The van der Waals surface area contributed by atoms with Gasteiger partial charge in [0.05, 0.1) is 20.9 Å². The number of nitrogen functional groups attached to an aromatic ring is 1. The summed E-state index contributed by atoms with van der Waals surface area (Å²) in [5, 5.41) is 4.48. The fourth-order valence-corrected chi connectivity index (χ4v) is 4.16. The molecular formula is C16H18N4OS2. The Morgan fingerprint density at radius 1 is 1.22 bits per heavy atom. The largest absolute Gasteiger partial charge is 0.375 e. The normalized spacial score (nSPS) is 11.3. The van der Waals surface area contributed by atoms with E-state index in [0.29, 0.717) is 15.9 Å². The molecule has 3 N–H and O–H groups in total. The van der Waals surface area contributed by atoms with E-state index in [4.69, 9.17) is 5.73 Å². The van der Waals surface area contributed by atoms with Crippen molar-refractivity contribution in [1.29, 1.82) is 0 Å². The van der Waals surface area contributed by atoms with Crippen molar-refractivity contribution < 1.29 is 4.79 Å². The second-order valence-electron chi connectivity index (χ2n) is 5.77. The van der Waals surface area contributed by atoms with Crippen LogP contribution in [0.5, 0.6) is 0 Å². The van der Waals surface area contributed by atoms with E-state index in [-0.39, 0.29) is 5.91 Å². The van der Waals surface area contributed by atoms with Crippen LogP contribution in [0.2, 0.25) is 0 Å². The lowest BCUT2D eigenvalue weighted by Gasteiger charge is -2.06. The van der Waals surface area contributed by atoms with E-state index in [9.17, 15) is 4.79 Å². The number of carbonyl (C=O) groups excluding carboxylic acids is 1. The van der Waals surface area contributed by atoms with Crippen molar-refractivity contribution in [3.63, 3.8) is 0 Å². The quantitative estimate of drug-likeness (QED) is 0.740. The predicted molar refractivity (Wildman–Crippen MR) is 97.7 cm³/mol. The summed E-state index contributed by atoms with van der Waals surface area (Å²) in [4.78, 5) is 22.0. The molecule has 2 heterocycles. The maximum Gasteiger partial charge on any atom is 0.267 e. The summed E-state index contributed by atoms with van der Waals surface area (Å²) >= 11 is 2.87. The number of rotatable bonds is 3. The minimum atomic E-state index is -0.122. The number of nitrogens with two attached hydrogens (primary N) is 1. The molecule has 0 radical (unpaired) electrons. The third-order valence-electron chi connectivity index (χ3n) is 3.47. The molecule has 3 aromatic rings. The number of aromatic nitrogens is 2. The summed E-state index contributed by atoms with van der Waals surface area (Å²) in [7, 11) is 0. The Bertz CT molecular complexity index is 895. The molecule has 120 valence electrons. The molecule has 0 bridgehead atoms. The SMILES string of the molecule is Cc1nc(C(C)C)sc1C(=O)Nc1cc(C)c2nc(N)sc2c1. The van der Waals surface area contributed by atoms with Crippen LogP contribution in [-0.4, -0.2) is 15.9 Å². The smallest absolute Gasteiger partial charge is 0.267 e. The number of hydrogen-bond acceptors (Lipinski definition) is 6. The van der Waals surface area contributed by atoms with Gasteiger partial charge < -0.3 is 11.1 Å². The minimum Gasteiger partial charge on any atom is -0.375 e. The van der Waals surface area contributed by atoms with Crippen LogP contribution >= 0.6 is 22.7 Å². The zero-order valence-corrected chi connectivity index (χ0v) is 15.1. The summed E-state index contributed by atoms with van der Waals surface area (Å²) in [6.07, 6.45) is 0. The van der Waals surface area contributed by atoms with Crippen molar-refractivity contribution in [2.45, 2.75) is 33.6 Å². The van der Waals surface area contributed by atoms with Gasteiger partial charge in [-0.2, -0.15) is 0 Å². The Morgan fingerprint density at radius 3 is 2.61 bits per heavy atom. The van der Waals surface area contributed by atoms with Crippen molar-refractivity contribution >= 4 is 49.6 Å². The first-order valence-electron chi connectivity index (χ1n) is 7.30. The first kappa shape index (κ1) is 15.9. The van der Waals surface area contributed by atoms with E-state index < -0.39 is 0 Å². The maximum atomic E-state index is 12.5. The van der Waals surface area contributed by atoms with E-state index in [1.807, 2.05) is 26.0 Å². The Kier molecular flexibility index (Phi) is 4.08. The second kappa shape index (κ2) is 5.90. The summed E-state index contributed by atoms with van der Waals surface area (Å²) in [5.74, 6) is 0.196. The van der Waals surface area contributed by atoms with Crippen molar-refractivity contribution in [3.8, 4) is 0 Å². The number of thiazole rings is 2. The van der Waals surface area contributed by atoms with E-state index >= 15 is 0 Å². The van der Waals surface area contributed by atoms with E-state index in [0.717, 1.165) is 32.2 Å². The summed E-state index contributed by atoms with van der Waals surface area (Å²) in [6, 6.07) is 3.83. The fourth-order valence-electron chi connectivity index (χ4n) is 2.35. The van der Waals surface area contributed by atoms with Crippen LogP contribution in [0.15, 0.2) is 12.1 Å². The number of aryl methyl sites for hydroxylation is 2. The highest BCUT2D eigenvalue weighted by Crippen LogP contribution is 2.30. The lowest BCUT2D eigenvalue weighted by molar-refractivity contribution is 0.103. The molecule has 0 aliphatic heterocycles. The molecule has 1 aromatic carbocycles. The number of benzene rings is 1. The van der Waals surface area contributed by atoms with Gasteiger partial charge in [0.2, 0.25) is 0 Å². The molecule has 1 amide bonds. The Labute approximate surface area is 142 Å². The van der Waals surface area contributed by atoms with Crippen LogP contribution < -0.4 is 11.1 Å². The summed E-state index contributed by atoms with van der Waals surface area (Å²) < 4.78 is 0.974. The highest BCUT2D eigenvalue weighted by Gasteiger charge is 2.17. The molecule has 0 unspecified atom stereocenters. The van der Waals surface area contributed by atoms with Gasteiger partial charge in [0.15, 0.2) is 5.13 Å². The molecule has 0 aliphatic carbocycles. The minimum absolute atomic E-state index is 0.122. The van der Waals surface area contributed by atoms with Crippen LogP contribution in [0.4, 0.5) is 10.8 Å². The first-order valence-corrected chi connectivity index (χ1v) is 8.93. The van der Waals surface area contributed by atoms with E-state index in [1.165, 1.54) is 22.7 Å². The molecule has 3 rings (SSSR count). The number of hydrogen-bond donors (Lipinski definition) is 2. The third-order valence-corrected chi connectivity index (χ3v) is 5.76. The summed E-state index contributed by atoms with van der Waals surface area (Å²) in [5.41, 5.74) is 9.18. The molecule has 0 atom stereocenters. The average Bonchev–Trinajstić information content (AvgIpc) is 3.01. The first-order chi connectivity index (χ1) is 10.8. The Hall–Kier alpha value is -1.99. The van der Waals surface area contributed by atoms with Gasteiger partial charge in [-0.25, -0.2) is 9.97 Å². The van der Waals surface area contributed by atoms with Gasteiger partial charge in [-0.3, -0.25) is 4.79 Å². The molecule has 0 spiro atoms. The fraction of sp³-hybridized carbons (Fsp3) is 0.312. The lowest BCUT2D eigenvalue weighted by Crippen LogP contribution is -2.11. The second-order valence-corrected chi connectivity index (χ2v) is 7.86. The average molecular weight is 346 g/mol. The highest BCUT2D eigenvalue weighted by molar-refractivity contribution is 7.22. The van der Waals surface area contributed by atoms with Crippen LogP contribution in [-0.2, 0) is 0 Å². The van der Waals surface area contributed by atoms with Gasteiger partial charge in [-0.1, -0.05) is 25.2 Å². The van der Waals surface area contributed by atoms with E-state index in [2.05, 4.69) is 29.1 Å². The van der Waals surface area contributed by atoms with Crippen molar-refractivity contribution in [3.05, 3.63) is 33.3 Å². The van der Waals surface area contributed by atoms with E-state index in [1.54, 1.807) is 0 Å². The predicted octanol–water partition coefficient (Wildman–Crippen LogP) is 4.33. The molecule has 2 aromatic heterocycles. The topological polar surface area (TPSA) is 80.9 Å². The van der Waals surface area contributed by atoms with Gasteiger partial charge >= 0.3 is 0 Å². The zero-order chi connectivity index (χ0) is 16.7. The van der Waals surface area contributed by atoms with Gasteiger partial charge in [-0.15, -0.1) is 11.3 Å². The van der Waals surface area contributed by atoms with Gasteiger partial charge in [-0.05, 0) is 31.5 Å². The van der Waals surface area contributed by atoms with Crippen LogP contribution in [0.3, 0.4) is 0 Å². The summed E-state index contributed by atoms with van der Waals surface area (Å²) in [6.45, 7) is 7.98. The molecular weight excluding hydrogens is 328 g/mol.